The van der Waals surface area contributed by atoms with Crippen molar-refractivity contribution < 1.29 is 9.59 Å². The van der Waals surface area contributed by atoms with E-state index in [0.717, 1.165) is 10.6 Å². The summed E-state index contributed by atoms with van der Waals surface area (Å²) < 4.78 is 0. The van der Waals surface area contributed by atoms with Crippen molar-refractivity contribution in [3.63, 3.8) is 0 Å². The second-order valence-electron chi connectivity index (χ2n) is 5.50. The fourth-order valence-corrected chi connectivity index (χ4v) is 3.58. The normalized spacial score (nSPS) is 13.3. The number of carbonyl (C=O) groups excluding carboxylic acids is 2. The molecule has 0 bridgehead atoms. The van der Waals surface area contributed by atoms with Gasteiger partial charge in [-0.25, -0.2) is 4.98 Å². The van der Waals surface area contributed by atoms with E-state index >= 15 is 0 Å². The highest BCUT2D eigenvalue weighted by atomic mass is 35.5. The molecule has 1 aromatic heterocycles. The van der Waals surface area contributed by atoms with Gasteiger partial charge in [-0.1, -0.05) is 35.9 Å². The second-order valence-corrected chi connectivity index (χ2v) is 6.80. The van der Waals surface area contributed by atoms with Gasteiger partial charge < -0.3 is 5.32 Å². The third-order valence-corrected chi connectivity index (χ3v) is 4.97. The summed E-state index contributed by atoms with van der Waals surface area (Å²) in [6.45, 7) is -0.0242. The monoisotopic (exact) mass is 369 g/mol. The maximum absolute atomic E-state index is 12.9. The molecule has 1 aliphatic rings. The summed E-state index contributed by atoms with van der Waals surface area (Å²) >= 11 is 7.28. The molecule has 7 heteroatoms. The Morgan fingerprint density at radius 2 is 1.92 bits per heavy atom. The van der Waals surface area contributed by atoms with Crippen LogP contribution in [0.25, 0.3) is 10.6 Å². The average Bonchev–Trinajstić information content (AvgIpc) is 3.11. The first-order valence-corrected chi connectivity index (χ1v) is 8.80. The summed E-state index contributed by atoms with van der Waals surface area (Å²) in [5.41, 5.74) is 2.51. The van der Waals surface area contributed by atoms with Crippen LogP contribution >= 0.6 is 22.9 Å². The molecule has 3 aromatic rings. The van der Waals surface area contributed by atoms with Crippen molar-refractivity contribution in [2.75, 3.05) is 16.8 Å². The highest BCUT2D eigenvalue weighted by molar-refractivity contribution is 7.13. The highest BCUT2D eigenvalue weighted by Gasteiger charge is 2.28. The summed E-state index contributed by atoms with van der Waals surface area (Å²) in [7, 11) is 0. The van der Waals surface area contributed by atoms with E-state index in [1.165, 1.54) is 16.2 Å². The van der Waals surface area contributed by atoms with E-state index < -0.39 is 0 Å². The molecule has 0 atom stereocenters. The first kappa shape index (κ1) is 15.8. The molecular weight excluding hydrogens is 358 g/mol. The van der Waals surface area contributed by atoms with E-state index in [-0.39, 0.29) is 18.4 Å². The Balaban J connectivity index is 1.66. The average molecular weight is 370 g/mol. The summed E-state index contributed by atoms with van der Waals surface area (Å²) in [5, 5.41) is 5.86. The maximum Gasteiger partial charge on any atom is 0.278 e. The Morgan fingerprint density at radius 3 is 2.72 bits per heavy atom. The number of fused-ring (bicyclic) bond motifs is 1. The van der Waals surface area contributed by atoms with Gasteiger partial charge in [-0.15, -0.1) is 11.3 Å². The number of halogens is 1. The van der Waals surface area contributed by atoms with E-state index in [4.69, 9.17) is 11.6 Å². The number of benzene rings is 2. The molecule has 0 saturated heterocycles. The Hall–Kier alpha value is -2.70. The first-order chi connectivity index (χ1) is 12.1. The number of anilines is 2. The summed E-state index contributed by atoms with van der Waals surface area (Å²) in [6.07, 6.45) is 0. The molecule has 0 saturated carbocycles. The van der Waals surface area contributed by atoms with E-state index in [1.807, 2.05) is 24.3 Å². The molecule has 0 aliphatic carbocycles. The minimum absolute atomic E-state index is 0.0242. The predicted octanol–water partition coefficient (Wildman–Crippen LogP) is 4.06. The molecule has 0 radical (unpaired) electrons. The number of rotatable bonds is 2. The lowest BCUT2D eigenvalue weighted by molar-refractivity contribution is -0.115. The Morgan fingerprint density at radius 1 is 1.16 bits per heavy atom. The largest absolute Gasteiger partial charge is 0.323 e. The number of nitrogens with zero attached hydrogens (tertiary/aromatic N) is 2. The minimum Gasteiger partial charge on any atom is -0.323 e. The van der Waals surface area contributed by atoms with Crippen LogP contribution in [0, 0.1) is 0 Å². The van der Waals surface area contributed by atoms with Gasteiger partial charge in [0.2, 0.25) is 5.91 Å². The van der Waals surface area contributed by atoms with Crippen LogP contribution in [0.5, 0.6) is 0 Å². The van der Waals surface area contributed by atoms with Crippen LogP contribution in [-0.4, -0.2) is 23.3 Å². The minimum atomic E-state index is -0.293. The van der Waals surface area contributed by atoms with Gasteiger partial charge >= 0.3 is 0 Å². The van der Waals surface area contributed by atoms with E-state index in [1.54, 1.807) is 29.6 Å². The maximum atomic E-state index is 12.9. The summed E-state index contributed by atoms with van der Waals surface area (Å²) in [5.74, 6) is -0.515. The van der Waals surface area contributed by atoms with Crippen LogP contribution in [0.3, 0.4) is 0 Å². The highest BCUT2D eigenvalue weighted by Crippen LogP contribution is 2.31. The van der Waals surface area contributed by atoms with Crippen LogP contribution in [0.1, 0.15) is 10.5 Å². The first-order valence-electron chi connectivity index (χ1n) is 7.54. The smallest absolute Gasteiger partial charge is 0.278 e. The number of hydrogen-bond donors (Lipinski definition) is 1. The van der Waals surface area contributed by atoms with Gasteiger partial charge in [0, 0.05) is 16.0 Å². The number of thiazole rings is 1. The van der Waals surface area contributed by atoms with Gasteiger partial charge in [-0.3, -0.25) is 14.5 Å². The van der Waals surface area contributed by atoms with Gasteiger partial charge in [0.05, 0.1) is 11.4 Å². The van der Waals surface area contributed by atoms with Crippen LogP contribution in [0.15, 0.2) is 53.9 Å². The molecule has 0 unspecified atom stereocenters. The second kappa shape index (κ2) is 6.31. The van der Waals surface area contributed by atoms with Crippen molar-refractivity contribution in [1.82, 2.24) is 4.98 Å². The van der Waals surface area contributed by atoms with E-state index in [9.17, 15) is 9.59 Å². The lowest BCUT2D eigenvalue weighted by atomic mass is 10.2. The molecule has 0 spiro atoms. The van der Waals surface area contributed by atoms with Crippen LogP contribution in [0.2, 0.25) is 5.02 Å². The Labute approximate surface area is 152 Å². The number of hydrogen-bond acceptors (Lipinski definition) is 4. The van der Waals surface area contributed by atoms with Gasteiger partial charge in [0.1, 0.15) is 17.2 Å². The Bertz CT molecular complexity index is 968. The van der Waals surface area contributed by atoms with Gasteiger partial charge in [0.25, 0.3) is 5.91 Å². The molecule has 0 fully saturated rings. The fourth-order valence-electron chi connectivity index (χ4n) is 2.65. The topological polar surface area (TPSA) is 62.3 Å². The van der Waals surface area contributed by atoms with Gasteiger partial charge in [-0.2, -0.15) is 0 Å². The zero-order chi connectivity index (χ0) is 17.4. The standard InChI is InChI=1S/C18H12ClN3O2S/c19-12-7-5-11(6-8-12)17-21-14(10-25-17)18(24)22-9-16(23)20-13-3-1-2-4-15(13)22/h1-8,10H,9H2,(H,20,23). The molecule has 1 N–H and O–H groups in total. The molecular formula is C18H12ClN3O2S. The van der Waals surface area contributed by atoms with Crippen LogP contribution in [0.4, 0.5) is 11.4 Å². The Kier molecular flexibility index (Phi) is 3.99. The number of para-hydroxylation sites is 2. The third-order valence-electron chi connectivity index (χ3n) is 3.83. The van der Waals surface area contributed by atoms with Crippen molar-refractivity contribution >= 4 is 46.1 Å². The molecule has 2 aromatic carbocycles. The van der Waals surface area contributed by atoms with Gasteiger partial charge in [-0.05, 0) is 24.3 Å². The SMILES string of the molecule is O=C1CN(C(=O)c2csc(-c3ccc(Cl)cc3)n2)c2ccccc2N1. The van der Waals surface area contributed by atoms with Crippen LogP contribution in [-0.2, 0) is 4.79 Å². The van der Waals surface area contributed by atoms with Crippen LogP contribution < -0.4 is 10.2 Å². The number of aromatic nitrogens is 1. The molecule has 25 heavy (non-hydrogen) atoms. The quantitative estimate of drug-likeness (QED) is 0.740. The molecule has 4 rings (SSSR count). The number of nitrogens with one attached hydrogen (secondary N) is 1. The zero-order valence-corrected chi connectivity index (χ0v) is 14.5. The molecule has 1 aliphatic heterocycles. The van der Waals surface area contributed by atoms with Crippen molar-refractivity contribution in [3.05, 3.63) is 64.6 Å². The predicted molar refractivity (Wildman–Crippen MR) is 99.3 cm³/mol. The van der Waals surface area contributed by atoms with Crippen molar-refractivity contribution in [1.29, 1.82) is 0 Å². The van der Waals surface area contributed by atoms with Gasteiger partial charge in [0.15, 0.2) is 0 Å². The van der Waals surface area contributed by atoms with Crippen molar-refractivity contribution in [2.24, 2.45) is 0 Å². The lowest BCUT2D eigenvalue weighted by Gasteiger charge is -2.28. The molecule has 2 heterocycles. The van der Waals surface area contributed by atoms with E-state index in [0.29, 0.717) is 22.1 Å². The van der Waals surface area contributed by atoms with Crippen molar-refractivity contribution in [2.45, 2.75) is 0 Å². The fraction of sp³-hybridized carbons (Fsp3) is 0.0556. The lowest BCUT2D eigenvalue weighted by Crippen LogP contribution is -2.42. The number of carbonyl (C=O) groups is 2. The van der Waals surface area contributed by atoms with E-state index in [2.05, 4.69) is 10.3 Å². The summed E-state index contributed by atoms with van der Waals surface area (Å²) in [4.78, 5) is 30.7. The third kappa shape index (κ3) is 3.01. The molecule has 2 amide bonds. The molecule has 5 nitrogen and oxygen atoms in total. The zero-order valence-electron chi connectivity index (χ0n) is 12.9. The number of amides is 2. The van der Waals surface area contributed by atoms with Crippen molar-refractivity contribution in [3.8, 4) is 10.6 Å². The molecule has 124 valence electrons. The summed E-state index contributed by atoms with van der Waals surface area (Å²) in [6, 6.07) is 14.5.